The molecule has 0 fully saturated rings. The monoisotopic (exact) mass is 611 g/mol. The van der Waals surface area contributed by atoms with Crippen molar-refractivity contribution in [1.82, 2.24) is 0 Å². The molecule has 2 aliphatic heterocycles. The Morgan fingerprint density at radius 2 is 1.74 bits per heavy atom. The van der Waals surface area contributed by atoms with E-state index in [-0.39, 0.29) is 10.3 Å². The lowest BCUT2D eigenvalue weighted by molar-refractivity contribution is -0.777. The van der Waals surface area contributed by atoms with Gasteiger partial charge in [0.2, 0.25) is 5.69 Å². The molecule has 0 unspecified atom stereocenters. The molecule has 0 aliphatic carbocycles. The molecule has 2 heterocycles. The van der Waals surface area contributed by atoms with Gasteiger partial charge in [0.05, 0.1) is 22.4 Å². The lowest BCUT2D eigenvalue weighted by Gasteiger charge is -2.25. The van der Waals surface area contributed by atoms with Gasteiger partial charge in [0, 0.05) is 52.4 Å². The third-order valence-electron chi connectivity index (χ3n) is 8.21. The van der Waals surface area contributed by atoms with E-state index in [0.717, 1.165) is 70.9 Å². The summed E-state index contributed by atoms with van der Waals surface area (Å²) in [5, 5.41) is 13.9. The second kappa shape index (κ2) is 12.9. The fraction of sp³-hybridized carbons (Fsp3) is 0.406. The molecule has 0 atom stereocenters. The summed E-state index contributed by atoms with van der Waals surface area (Å²) in [6, 6.07) is 10.7. The van der Waals surface area contributed by atoms with Gasteiger partial charge in [-0.1, -0.05) is 45.4 Å². The van der Waals surface area contributed by atoms with Gasteiger partial charge in [-0.3, -0.25) is 5.04 Å². The average molecular weight is 612 g/mol. The first-order valence-electron chi connectivity index (χ1n) is 14.2. The number of likely N-dealkylation sites (N-methyl/N-ethyl adjacent to an activating group) is 1. The fourth-order valence-corrected chi connectivity index (χ4v) is 6.92. The van der Waals surface area contributed by atoms with Crippen LogP contribution in [0.2, 0.25) is 0 Å². The predicted octanol–water partition coefficient (Wildman–Crippen LogP) is 6.20. The Kier molecular flexibility index (Phi) is 9.86. The van der Waals surface area contributed by atoms with Crippen molar-refractivity contribution in [2.45, 2.75) is 81.4 Å². The number of unbranched alkanes of at least 4 members (excludes halogenated alkanes) is 2. The minimum Gasteiger partial charge on any atom is -0.744 e. The van der Waals surface area contributed by atoms with E-state index in [1.807, 2.05) is 45.1 Å². The first-order chi connectivity index (χ1) is 19.9. The van der Waals surface area contributed by atoms with E-state index in [4.69, 9.17) is 0 Å². The Bertz CT molecular complexity index is 1550. The van der Waals surface area contributed by atoms with Gasteiger partial charge in [0.25, 0.3) is 0 Å². The van der Waals surface area contributed by atoms with Gasteiger partial charge in [-0.15, -0.1) is 0 Å². The van der Waals surface area contributed by atoms with Crippen LogP contribution in [0.4, 0.5) is 11.4 Å². The van der Waals surface area contributed by atoms with E-state index in [1.165, 1.54) is 17.8 Å². The zero-order valence-electron chi connectivity index (χ0n) is 25.0. The van der Waals surface area contributed by atoms with Gasteiger partial charge >= 0.3 is 0 Å². The molecule has 226 valence electrons. The molecule has 10 heteroatoms. The number of anilines is 1. The Morgan fingerprint density at radius 3 is 2.40 bits per heavy atom. The molecule has 2 aromatic carbocycles. The molecule has 0 amide bonds. The van der Waals surface area contributed by atoms with Gasteiger partial charge in [0.1, 0.15) is 16.7 Å². The first-order valence-corrected chi connectivity index (χ1v) is 16.4. The number of rotatable bonds is 12. The van der Waals surface area contributed by atoms with Crippen LogP contribution in [0, 0.1) is 0 Å². The summed E-state index contributed by atoms with van der Waals surface area (Å²) in [4.78, 5) is 2.74. The normalized spacial score (nSPS) is 18.6. The van der Waals surface area contributed by atoms with Crippen molar-refractivity contribution < 1.29 is 32.2 Å². The highest BCUT2D eigenvalue weighted by Crippen LogP contribution is 2.48. The highest BCUT2D eigenvalue weighted by Gasteiger charge is 2.44. The van der Waals surface area contributed by atoms with Crippen molar-refractivity contribution in [2.24, 2.45) is 0 Å². The van der Waals surface area contributed by atoms with E-state index in [0.29, 0.717) is 6.54 Å². The Hall–Kier alpha value is -2.73. The second-order valence-corrected chi connectivity index (χ2v) is 13.7. The van der Waals surface area contributed by atoms with Crippen molar-refractivity contribution in [3.63, 3.8) is 0 Å². The molecule has 8 nitrogen and oxygen atoms in total. The lowest BCUT2D eigenvalue weighted by atomic mass is 9.81. The summed E-state index contributed by atoms with van der Waals surface area (Å²) < 4.78 is 41.9. The van der Waals surface area contributed by atoms with E-state index in [2.05, 4.69) is 63.9 Å². The van der Waals surface area contributed by atoms with Gasteiger partial charge in [0.15, 0.2) is 5.71 Å². The number of hydrogen-bond donors (Lipinski definition) is 0. The van der Waals surface area contributed by atoms with Crippen molar-refractivity contribution in [3.8, 4) is 0 Å². The minimum atomic E-state index is -4.54. The van der Waals surface area contributed by atoms with Crippen LogP contribution < -0.4 is 10.2 Å². The Morgan fingerprint density at radius 1 is 0.976 bits per heavy atom. The molecule has 0 saturated carbocycles. The SMILES string of the molecule is CCCCC[N+]1=C(/C=C/C=C/C=C2/N(CC)c3ccc(S(=O)(=O)[O-])cc3C2(C)C)C(C)(C)c2cc(SOO[O-])ccc21. The molecule has 2 aliphatic rings. The van der Waals surface area contributed by atoms with Crippen LogP contribution in [0.3, 0.4) is 0 Å². The summed E-state index contributed by atoms with van der Waals surface area (Å²) >= 11 is 0.899. The van der Waals surface area contributed by atoms with Gasteiger partial charge in [-0.25, -0.2) is 8.42 Å². The smallest absolute Gasteiger partial charge is 0.209 e. The predicted molar refractivity (Wildman–Crippen MR) is 164 cm³/mol. The molecule has 2 aromatic rings. The minimum absolute atomic E-state index is 0.206. The lowest BCUT2D eigenvalue weighted by Crippen LogP contribution is -2.28. The zero-order chi connectivity index (χ0) is 30.7. The maximum atomic E-state index is 11.7. The Balaban J connectivity index is 1.63. The topological polar surface area (TPSA) is 105 Å². The van der Waals surface area contributed by atoms with E-state index >= 15 is 0 Å². The third-order valence-corrected chi connectivity index (χ3v) is 9.61. The van der Waals surface area contributed by atoms with Crippen LogP contribution >= 0.6 is 12.0 Å². The molecule has 0 N–H and O–H groups in total. The van der Waals surface area contributed by atoms with Crippen molar-refractivity contribution in [1.29, 1.82) is 0 Å². The molecule has 42 heavy (non-hydrogen) atoms. The van der Waals surface area contributed by atoms with Crippen LogP contribution in [-0.2, 0) is 30.3 Å². The molecular weight excluding hydrogens is 572 g/mol. The molecular formula is C32H39N2O6S2-. The zero-order valence-corrected chi connectivity index (χ0v) is 26.7. The maximum absolute atomic E-state index is 11.7. The van der Waals surface area contributed by atoms with Crippen molar-refractivity contribution >= 4 is 39.2 Å². The summed E-state index contributed by atoms with van der Waals surface area (Å²) in [5.74, 6) is 0. The van der Waals surface area contributed by atoms with E-state index < -0.39 is 15.5 Å². The highest BCUT2D eigenvalue weighted by molar-refractivity contribution is 7.94. The number of nitrogens with zero attached hydrogens (tertiary/aromatic N) is 2. The summed E-state index contributed by atoms with van der Waals surface area (Å²) in [5.41, 5.74) is 5.52. The summed E-state index contributed by atoms with van der Waals surface area (Å²) in [7, 11) is -4.54. The number of fused-ring (bicyclic) bond motifs is 2. The average Bonchev–Trinajstić information content (AvgIpc) is 3.29. The molecule has 4 rings (SSSR count). The van der Waals surface area contributed by atoms with Gasteiger partial charge in [-0.2, -0.15) is 8.91 Å². The van der Waals surface area contributed by atoms with Crippen LogP contribution in [0.5, 0.6) is 0 Å². The second-order valence-electron chi connectivity index (χ2n) is 11.6. The van der Waals surface area contributed by atoms with Crippen LogP contribution in [-0.4, -0.2) is 36.3 Å². The van der Waals surface area contributed by atoms with Crippen molar-refractivity contribution in [3.05, 3.63) is 83.6 Å². The molecule has 0 saturated heterocycles. The number of benzene rings is 2. The highest BCUT2D eigenvalue weighted by atomic mass is 32.2. The summed E-state index contributed by atoms with van der Waals surface area (Å²) in [6.45, 7) is 14.3. The van der Waals surface area contributed by atoms with E-state index in [1.54, 1.807) is 6.07 Å². The number of allylic oxidation sites excluding steroid dienone is 6. The maximum Gasteiger partial charge on any atom is 0.209 e. The summed E-state index contributed by atoms with van der Waals surface area (Å²) in [6.07, 6.45) is 13.6. The van der Waals surface area contributed by atoms with Crippen LogP contribution in [0.25, 0.3) is 0 Å². The number of hydrogen-bond acceptors (Lipinski definition) is 8. The van der Waals surface area contributed by atoms with E-state index in [9.17, 15) is 18.2 Å². The van der Waals surface area contributed by atoms with Gasteiger partial charge in [-0.05, 0) is 69.2 Å². The largest absolute Gasteiger partial charge is 0.744 e. The third kappa shape index (κ3) is 6.29. The molecule has 0 aromatic heterocycles. The first kappa shape index (κ1) is 32.2. The quantitative estimate of drug-likeness (QED) is 0.0531. The van der Waals surface area contributed by atoms with Crippen LogP contribution in [0.15, 0.2) is 82.3 Å². The van der Waals surface area contributed by atoms with Crippen molar-refractivity contribution in [2.75, 3.05) is 18.0 Å². The molecule has 0 radical (unpaired) electrons. The fourth-order valence-electron chi connectivity index (χ4n) is 6.03. The van der Waals surface area contributed by atoms with Gasteiger partial charge < -0.3 is 14.7 Å². The van der Waals surface area contributed by atoms with Crippen LogP contribution in [0.1, 0.15) is 71.9 Å². The molecule has 0 bridgehead atoms. The standard InChI is InChI=1S/C32H40N2O6S2/c1-7-9-13-20-34-28-18-16-23(41-40-39-35)21-25(28)31(3,4)30(34)15-12-10-11-14-29-32(5,6)26-22-24(42(36,37)38)17-19-27(26)33(29)8-2/h10-12,14-19,21-22H,7-9,13,20H2,1-6H3,(H-,35,36,37,38)/p-1. The molecule has 0 spiro atoms. The Labute approximate surface area is 253 Å².